The molecule has 15 heteroatoms. The van der Waals surface area contributed by atoms with Crippen LogP contribution in [0.5, 0.6) is 11.5 Å². The van der Waals surface area contributed by atoms with Crippen LogP contribution in [0, 0.1) is 0 Å². The maximum absolute atomic E-state index is 14.2. The van der Waals surface area contributed by atoms with Crippen molar-refractivity contribution in [3.8, 4) is 22.8 Å². The number of rotatable bonds is 13. The van der Waals surface area contributed by atoms with Gasteiger partial charge in [-0.2, -0.15) is 0 Å². The number of carbonyl (C=O) groups excluding carboxylic acids is 2. The Morgan fingerprint density at radius 2 is 1.75 bits per heavy atom. The van der Waals surface area contributed by atoms with Gasteiger partial charge in [0.15, 0.2) is 0 Å². The van der Waals surface area contributed by atoms with Crippen molar-refractivity contribution in [2.75, 3.05) is 33.8 Å². The third-order valence-corrected chi connectivity index (χ3v) is 11.1. The Balaban J connectivity index is 1.14. The third kappa shape index (κ3) is 9.90. The van der Waals surface area contributed by atoms with Crippen LogP contribution < -0.4 is 15.4 Å². The van der Waals surface area contributed by atoms with E-state index in [1.54, 1.807) is 45.0 Å². The van der Waals surface area contributed by atoms with Crippen LogP contribution in [0.4, 0.5) is 4.79 Å². The lowest BCUT2D eigenvalue weighted by Crippen LogP contribution is -2.65. The maximum Gasteiger partial charge on any atom is 0.407 e. The fourth-order valence-corrected chi connectivity index (χ4v) is 7.92. The standard InChI is InChI=1S/C42H51Cl2N7O6/c1-27(45-22-30-10-15-32(44)20-36(30)57-33-16-11-29(12-17-33)34-23-46-37(49(34)6)24-48(4)5)39(53)51-35(25-56-41(51,2)3)38(52)47-42(18-7-19-50(26-42)40(54)55)21-28-8-13-31(43)14-9-28/h8-17,20,23,27,35,45H,7,18-19,21-22,24-26H2,1-6H3,(H,47,52)(H,54,55). The summed E-state index contributed by atoms with van der Waals surface area (Å²) in [6.45, 7) is 6.73. The first-order valence-corrected chi connectivity index (χ1v) is 19.8. The summed E-state index contributed by atoms with van der Waals surface area (Å²) in [4.78, 5) is 50.0. The molecule has 0 bridgehead atoms. The molecule has 0 aliphatic carbocycles. The van der Waals surface area contributed by atoms with Crippen LogP contribution in [0.3, 0.4) is 0 Å². The number of carbonyl (C=O) groups is 3. The van der Waals surface area contributed by atoms with Gasteiger partial charge in [0, 0.05) is 47.9 Å². The summed E-state index contributed by atoms with van der Waals surface area (Å²) in [6.07, 6.45) is 2.34. The molecule has 3 aromatic carbocycles. The average molecular weight is 821 g/mol. The van der Waals surface area contributed by atoms with E-state index >= 15 is 0 Å². The minimum atomic E-state index is -1.08. The Kier molecular flexibility index (Phi) is 12.8. The Morgan fingerprint density at radius 1 is 1.05 bits per heavy atom. The number of hydrogen-bond donors (Lipinski definition) is 3. The molecule has 0 spiro atoms. The van der Waals surface area contributed by atoms with Gasteiger partial charge in [-0.3, -0.25) is 14.5 Å². The number of nitrogens with zero attached hydrogens (tertiary/aromatic N) is 5. The minimum Gasteiger partial charge on any atom is -0.465 e. The molecule has 13 nitrogen and oxygen atoms in total. The average Bonchev–Trinajstić information content (AvgIpc) is 3.69. The van der Waals surface area contributed by atoms with Crippen molar-refractivity contribution in [2.45, 2.75) is 76.5 Å². The molecule has 57 heavy (non-hydrogen) atoms. The number of benzene rings is 3. The van der Waals surface area contributed by atoms with E-state index in [0.29, 0.717) is 47.4 Å². The Hall–Kier alpha value is -4.66. The van der Waals surface area contributed by atoms with Crippen LogP contribution in [0.15, 0.2) is 72.9 Å². The number of piperidine rings is 1. The van der Waals surface area contributed by atoms with Crippen LogP contribution in [0.25, 0.3) is 11.3 Å². The molecular formula is C42H51Cl2N7O6. The molecule has 2 fully saturated rings. The topological polar surface area (TPSA) is 141 Å². The number of aromatic nitrogens is 2. The summed E-state index contributed by atoms with van der Waals surface area (Å²) in [5.41, 5.74) is 1.70. The molecule has 3 unspecified atom stereocenters. The lowest BCUT2D eigenvalue weighted by Gasteiger charge is -2.44. The molecule has 3 atom stereocenters. The highest BCUT2D eigenvalue weighted by Gasteiger charge is 2.50. The number of carboxylic acid groups (broad SMARTS) is 1. The van der Waals surface area contributed by atoms with Gasteiger partial charge in [0.2, 0.25) is 11.8 Å². The van der Waals surface area contributed by atoms with Crippen LogP contribution in [0.1, 0.15) is 50.6 Å². The maximum atomic E-state index is 14.2. The molecule has 1 aromatic heterocycles. The summed E-state index contributed by atoms with van der Waals surface area (Å²) in [7, 11) is 6.02. The predicted molar refractivity (Wildman–Crippen MR) is 219 cm³/mol. The Morgan fingerprint density at radius 3 is 2.44 bits per heavy atom. The van der Waals surface area contributed by atoms with Crippen LogP contribution in [0.2, 0.25) is 10.0 Å². The number of nitrogens with one attached hydrogen (secondary N) is 2. The normalized spacial score (nSPS) is 19.8. The van der Waals surface area contributed by atoms with E-state index in [-0.39, 0.29) is 25.6 Å². The van der Waals surface area contributed by atoms with E-state index in [2.05, 4.69) is 25.1 Å². The smallest absolute Gasteiger partial charge is 0.407 e. The van der Waals surface area contributed by atoms with E-state index in [1.807, 2.05) is 69.8 Å². The molecular weight excluding hydrogens is 769 g/mol. The SMILES string of the molecule is CC(NCc1ccc(Cl)cc1Oc1ccc(-c2cnc(CN(C)C)n2C)cc1)C(=O)N1C(C(=O)NC2(Cc3ccc(Cl)cc3)CCCN(C(=O)O)C2)COC1(C)C. The van der Waals surface area contributed by atoms with Crippen molar-refractivity contribution >= 4 is 41.1 Å². The first-order chi connectivity index (χ1) is 27.0. The van der Waals surface area contributed by atoms with Gasteiger partial charge in [0.1, 0.15) is 29.1 Å². The quantitative estimate of drug-likeness (QED) is 0.137. The predicted octanol–water partition coefficient (Wildman–Crippen LogP) is 6.56. The van der Waals surface area contributed by atoms with Crippen LogP contribution in [-0.4, -0.2) is 104 Å². The van der Waals surface area contributed by atoms with E-state index in [0.717, 1.165) is 34.8 Å². The summed E-state index contributed by atoms with van der Waals surface area (Å²) >= 11 is 12.5. The van der Waals surface area contributed by atoms with Gasteiger partial charge < -0.3 is 39.6 Å². The van der Waals surface area contributed by atoms with Gasteiger partial charge in [-0.25, -0.2) is 9.78 Å². The molecule has 6 rings (SSSR count). The van der Waals surface area contributed by atoms with E-state index in [4.69, 9.17) is 32.7 Å². The first kappa shape index (κ1) is 42.0. The molecule has 3 amide bonds. The lowest BCUT2D eigenvalue weighted by atomic mass is 9.82. The second-order valence-electron chi connectivity index (χ2n) is 15.7. The highest BCUT2D eigenvalue weighted by molar-refractivity contribution is 6.31. The van der Waals surface area contributed by atoms with Crippen molar-refractivity contribution in [3.05, 3.63) is 99.9 Å². The molecule has 2 aliphatic heterocycles. The minimum absolute atomic E-state index is 0.0111. The first-order valence-electron chi connectivity index (χ1n) is 19.0. The summed E-state index contributed by atoms with van der Waals surface area (Å²) in [5, 5.41) is 17.5. The van der Waals surface area contributed by atoms with Gasteiger partial charge in [-0.05, 0) is 108 Å². The molecule has 3 heterocycles. The van der Waals surface area contributed by atoms with E-state index in [1.165, 1.54) is 9.80 Å². The number of imidazole rings is 1. The number of hydrogen-bond acceptors (Lipinski definition) is 8. The van der Waals surface area contributed by atoms with Crippen molar-refractivity contribution in [3.63, 3.8) is 0 Å². The summed E-state index contributed by atoms with van der Waals surface area (Å²) < 4.78 is 14.5. The largest absolute Gasteiger partial charge is 0.465 e. The number of halogens is 2. The lowest BCUT2D eigenvalue weighted by molar-refractivity contribution is -0.152. The second-order valence-corrected chi connectivity index (χ2v) is 16.6. The van der Waals surface area contributed by atoms with Gasteiger partial charge in [0.05, 0.1) is 36.6 Å². The van der Waals surface area contributed by atoms with Crippen molar-refractivity contribution in [2.24, 2.45) is 7.05 Å². The third-order valence-electron chi connectivity index (χ3n) is 10.6. The second kappa shape index (κ2) is 17.5. The van der Waals surface area contributed by atoms with Crippen LogP contribution in [-0.2, 0) is 40.9 Å². The summed E-state index contributed by atoms with van der Waals surface area (Å²) in [5.74, 6) is 1.39. The monoisotopic (exact) mass is 819 g/mol. The zero-order valence-electron chi connectivity index (χ0n) is 33.2. The molecule has 304 valence electrons. The number of likely N-dealkylation sites (tertiary alicyclic amines) is 1. The molecule has 4 aromatic rings. The Bertz CT molecular complexity index is 2070. The zero-order valence-corrected chi connectivity index (χ0v) is 34.7. The van der Waals surface area contributed by atoms with Crippen molar-refractivity contribution in [1.29, 1.82) is 0 Å². The highest BCUT2D eigenvalue weighted by atomic mass is 35.5. The molecule has 2 aliphatic rings. The van der Waals surface area contributed by atoms with Crippen molar-refractivity contribution in [1.82, 2.24) is 34.9 Å². The number of amides is 3. The molecule has 0 radical (unpaired) electrons. The van der Waals surface area contributed by atoms with E-state index < -0.39 is 35.3 Å². The number of ether oxygens (including phenoxy) is 2. The van der Waals surface area contributed by atoms with Crippen molar-refractivity contribution < 1.29 is 29.0 Å². The summed E-state index contributed by atoms with van der Waals surface area (Å²) in [6, 6.07) is 18.7. The Labute approximate surface area is 343 Å². The highest BCUT2D eigenvalue weighted by Crippen LogP contribution is 2.33. The van der Waals surface area contributed by atoms with Gasteiger partial charge in [-0.15, -0.1) is 0 Å². The van der Waals surface area contributed by atoms with Crippen LogP contribution >= 0.6 is 23.2 Å². The van der Waals surface area contributed by atoms with E-state index in [9.17, 15) is 19.5 Å². The van der Waals surface area contributed by atoms with Gasteiger partial charge in [0.25, 0.3) is 0 Å². The molecule has 0 saturated carbocycles. The van der Waals surface area contributed by atoms with Gasteiger partial charge >= 0.3 is 6.09 Å². The van der Waals surface area contributed by atoms with Gasteiger partial charge in [-0.1, -0.05) is 41.4 Å². The molecule has 2 saturated heterocycles. The molecule has 3 N–H and O–H groups in total. The fourth-order valence-electron chi connectivity index (χ4n) is 7.63. The zero-order chi connectivity index (χ0) is 41.1. The fraction of sp³-hybridized carbons (Fsp3) is 0.429.